The molecule has 4 nitrogen and oxygen atoms in total. The second kappa shape index (κ2) is 4.17. The smallest absolute Gasteiger partial charge is 0.411 e. The lowest BCUT2D eigenvalue weighted by Crippen LogP contribution is -2.23. The molecule has 0 aliphatic heterocycles. The third-order valence-electron chi connectivity index (χ3n) is 3.22. The summed E-state index contributed by atoms with van der Waals surface area (Å²) in [5.41, 5.74) is 2.50. The van der Waals surface area contributed by atoms with Crippen LogP contribution in [0.1, 0.15) is 0 Å². The van der Waals surface area contributed by atoms with Gasteiger partial charge in [0.15, 0.2) is 0 Å². The molecule has 0 spiro atoms. The molecule has 0 bridgehead atoms. The standard InChI is InChI=1S/C14H11ClN2O2/c1-17(14(18)19)9-3-4-10-11-6-8(15)2-5-12(11)16-13(10)7-9/h2-7,16H,1H3,(H,18,19). The van der Waals surface area contributed by atoms with Crippen molar-refractivity contribution in [2.24, 2.45) is 0 Å². The molecule has 0 aliphatic carbocycles. The van der Waals surface area contributed by atoms with Crippen LogP contribution in [0.5, 0.6) is 0 Å². The van der Waals surface area contributed by atoms with Crippen LogP contribution < -0.4 is 4.90 Å². The van der Waals surface area contributed by atoms with E-state index >= 15 is 0 Å². The van der Waals surface area contributed by atoms with Gasteiger partial charge >= 0.3 is 6.09 Å². The number of benzene rings is 2. The zero-order chi connectivity index (χ0) is 13.6. The van der Waals surface area contributed by atoms with E-state index in [2.05, 4.69) is 4.98 Å². The highest BCUT2D eigenvalue weighted by atomic mass is 35.5. The molecule has 0 unspecified atom stereocenters. The van der Waals surface area contributed by atoms with E-state index in [1.54, 1.807) is 6.07 Å². The zero-order valence-electron chi connectivity index (χ0n) is 10.1. The van der Waals surface area contributed by atoms with E-state index < -0.39 is 6.09 Å². The summed E-state index contributed by atoms with van der Waals surface area (Å²) in [6, 6.07) is 11.1. The number of anilines is 1. The maximum Gasteiger partial charge on any atom is 0.411 e. The van der Waals surface area contributed by atoms with Crippen LogP contribution in [0.4, 0.5) is 10.5 Å². The lowest BCUT2D eigenvalue weighted by atomic mass is 10.1. The van der Waals surface area contributed by atoms with Gasteiger partial charge < -0.3 is 10.1 Å². The van der Waals surface area contributed by atoms with Gasteiger partial charge in [-0.15, -0.1) is 0 Å². The maximum absolute atomic E-state index is 11.0. The third kappa shape index (κ3) is 1.90. The quantitative estimate of drug-likeness (QED) is 0.702. The second-order valence-electron chi connectivity index (χ2n) is 4.39. The first-order chi connectivity index (χ1) is 9.06. The zero-order valence-corrected chi connectivity index (χ0v) is 10.9. The number of carbonyl (C=O) groups is 1. The molecule has 0 atom stereocenters. The predicted octanol–water partition coefficient (Wildman–Crippen LogP) is 4.09. The summed E-state index contributed by atoms with van der Waals surface area (Å²) < 4.78 is 0. The van der Waals surface area contributed by atoms with Gasteiger partial charge in [-0.1, -0.05) is 17.7 Å². The van der Waals surface area contributed by atoms with Crippen molar-refractivity contribution in [3.05, 3.63) is 41.4 Å². The van der Waals surface area contributed by atoms with Crippen molar-refractivity contribution < 1.29 is 9.90 Å². The van der Waals surface area contributed by atoms with E-state index in [0.29, 0.717) is 10.7 Å². The van der Waals surface area contributed by atoms with Gasteiger partial charge in [0.1, 0.15) is 0 Å². The molecule has 0 saturated carbocycles. The van der Waals surface area contributed by atoms with E-state index in [1.165, 1.54) is 11.9 Å². The van der Waals surface area contributed by atoms with Crippen molar-refractivity contribution in [1.29, 1.82) is 0 Å². The number of rotatable bonds is 1. The van der Waals surface area contributed by atoms with Crippen molar-refractivity contribution in [2.45, 2.75) is 0 Å². The Labute approximate surface area is 114 Å². The molecule has 1 heterocycles. The van der Waals surface area contributed by atoms with Crippen LogP contribution in [0.25, 0.3) is 21.8 Å². The average Bonchev–Trinajstić information content (AvgIpc) is 2.74. The topological polar surface area (TPSA) is 56.3 Å². The molecule has 0 radical (unpaired) electrons. The molecule has 2 N–H and O–H groups in total. The summed E-state index contributed by atoms with van der Waals surface area (Å²) >= 11 is 6.00. The summed E-state index contributed by atoms with van der Waals surface area (Å²) in [5, 5.41) is 11.7. The highest BCUT2D eigenvalue weighted by Gasteiger charge is 2.11. The van der Waals surface area contributed by atoms with Crippen molar-refractivity contribution >= 4 is 45.2 Å². The van der Waals surface area contributed by atoms with Crippen LogP contribution in [0.15, 0.2) is 36.4 Å². The molecule has 3 rings (SSSR count). The molecule has 96 valence electrons. The van der Waals surface area contributed by atoms with Crippen LogP contribution in [-0.2, 0) is 0 Å². The highest BCUT2D eigenvalue weighted by molar-refractivity contribution is 6.31. The van der Waals surface area contributed by atoms with E-state index in [-0.39, 0.29) is 0 Å². The number of aromatic amines is 1. The number of halogens is 1. The Hall–Kier alpha value is -2.20. The highest BCUT2D eigenvalue weighted by Crippen LogP contribution is 2.30. The Morgan fingerprint density at radius 2 is 1.95 bits per heavy atom. The second-order valence-corrected chi connectivity index (χ2v) is 4.82. The van der Waals surface area contributed by atoms with Crippen LogP contribution in [0.2, 0.25) is 5.02 Å². The number of H-pyrrole nitrogens is 1. The molecule has 1 aromatic heterocycles. The summed E-state index contributed by atoms with van der Waals surface area (Å²) in [6.45, 7) is 0. The predicted molar refractivity (Wildman–Crippen MR) is 77.2 cm³/mol. The summed E-state index contributed by atoms with van der Waals surface area (Å²) in [7, 11) is 1.52. The third-order valence-corrected chi connectivity index (χ3v) is 3.45. The van der Waals surface area contributed by atoms with Gasteiger partial charge in [0.2, 0.25) is 0 Å². The van der Waals surface area contributed by atoms with Crippen LogP contribution >= 0.6 is 11.6 Å². The molecule has 5 heteroatoms. The van der Waals surface area contributed by atoms with E-state index in [4.69, 9.17) is 16.7 Å². The Morgan fingerprint density at radius 1 is 1.16 bits per heavy atom. The molecule has 1 amide bonds. The first-order valence-electron chi connectivity index (χ1n) is 5.74. The number of nitrogens with zero attached hydrogens (tertiary/aromatic N) is 1. The summed E-state index contributed by atoms with van der Waals surface area (Å²) in [6.07, 6.45) is -0.987. The largest absolute Gasteiger partial charge is 0.465 e. The minimum absolute atomic E-state index is 0.623. The first kappa shape index (κ1) is 11.9. The molecule has 19 heavy (non-hydrogen) atoms. The SMILES string of the molecule is CN(C(=O)O)c1ccc2c(c1)[nH]c1ccc(Cl)cc12. The Bertz CT molecular complexity index is 795. The van der Waals surface area contributed by atoms with E-state index in [9.17, 15) is 4.79 Å². The molecule has 0 fully saturated rings. The fourth-order valence-electron chi connectivity index (χ4n) is 2.18. The Morgan fingerprint density at radius 3 is 2.68 bits per heavy atom. The fourth-order valence-corrected chi connectivity index (χ4v) is 2.36. The Kier molecular flexibility index (Phi) is 2.61. The van der Waals surface area contributed by atoms with Crippen LogP contribution in [0, 0.1) is 0 Å². The average molecular weight is 275 g/mol. The van der Waals surface area contributed by atoms with Gasteiger partial charge in [-0.05, 0) is 30.3 Å². The van der Waals surface area contributed by atoms with Crippen LogP contribution in [0.3, 0.4) is 0 Å². The van der Waals surface area contributed by atoms with Crippen molar-refractivity contribution in [3.8, 4) is 0 Å². The number of carboxylic acid groups (broad SMARTS) is 1. The molecule has 0 aliphatic rings. The number of fused-ring (bicyclic) bond motifs is 3. The number of hydrogen-bond acceptors (Lipinski definition) is 1. The van der Waals surface area contributed by atoms with Gasteiger partial charge in [-0.2, -0.15) is 0 Å². The number of nitrogens with one attached hydrogen (secondary N) is 1. The van der Waals surface area contributed by atoms with Gasteiger partial charge in [0.25, 0.3) is 0 Å². The number of aromatic nitrogens is 1. The fraction of sp³-hybridized carbons (Fsp3) is 0.0714. The maximum atomic E-state index is 11.0. The van der Waals surface area contributed by atoms with Crippen LogP contribution in [-0.4, -0.2) is 23.2 Å². The normalized spacial score (nSPS) is 11.1. The van der Waals surface area contributed by atoms with Gasteiger partial charge in [-0.3, -0.25) is 4.90 Å². The lowest BCUT2D eigenvalue weighted by Gasteiger charge is -2.12. The summed E-state index contributed by atoms with van der Waals surface area (Å²) in [4.78, 5) is 15.4. The van der Waals surface area contributed by atoms with Crippen molar-refractivity contribution in [2.75, 3.05) is 11.9 Å². The molecular formula is C14H11ClN2O2. The van der Waals surface area contributed by atoms with Gasteiger partial charge in [-0.25, -0.2) is 4.79 Å². The van der Waals surface area contributed by atoms with E-state index in [0.717, 1.165) is 21.8 Å². The number of hydrogen-bond donors (Lipinski definition) is 2. The molecule has 3 aromatic rings. The van der Waals surface area contributed by atoms with Gasteiger partial charge in [0, 0.05) is 39.6 Å². The summed E-state index contributed by atoms with van der Waals surface area (Å²) in [5.74, 6) is 0. The minimum Gasteiger partial charge on any atom is -0.465 e. The van der Waals surface area contributed by atoms with Crippen molar-refractivity contribution in [3.63, 3.8) is 0 Å². The molecule has 0 saturated heterocycles. The lowest BCUT2D eigenvalue weighted by molar-refractivity contribution is 0.203. The minimum atomic E-state index is -0.987. The monoisotopic (exact) mass is 274 g/mol. The molecular weight excluding hydrogens is 264 g/mol. The molecule has 2 aromatic carbocycles. The van der Waals surface area contributed by atoms with Crippen molar-refractivity contribution in [1.82, 2.24) is 4.98 Å². The Balaban J connectivity index is 2.24. The van der Waals surface area contributed by atoms with E-state index in [1.807, 2.05) is 30.3 Å². The number of amides is 1. The first-order valence-corrected chi connectivity index (χ1v) is 6.12. The van der Waals surface area contributed by atoms with Gasteiger partial charge in [0.05, 0.1) is 0 Å².